The molecule has 0 aliphatic heterocycles. The Morgan fingerprint density at radius 2 is 1.96 bits per heavy atom. The molecule has 2 heterocycles. The molecule has 3 rings (SSSR count). The molecule has 1 atom stereocenters. The molecule has 2 aromatic heterocycles. The van der Waals surface area contributed by atoms with E-state index in [0.29, 0.717) is 22.9 Å². The van der Waals surface area contributed by atoms with E-state index in [1.807, 2.05) is 29.6 Å². The molecule has 7 heteroatoms. The molecule has 3 aromatic rings. The number of aryl methyl sites for hydroxylation is 1. The zero-order valence-electron chi connectivity index (χ0n) is 16.0. The number of nitrogens with zero attached hydrogens (tertiary/aromatic N) is 2. The summed E-state index contributed by atoms with van der Waals surface area (Å²) in [7, 11) is 0. The predicted molar refractivity (Wildman–Crippen MR) is 115 cm³/mol. The van der Waals surface area contributed by atoms with Gasteiger partial charge in [0.2, 0.25) is 5.91 Å². The van der Waals surface area contributed by atoms with Gasteiger partial charge in [-0.2, -0.15) is 0 Å². The van der Waals surface area contributed by atoms with Gasteiger partial charge in [-0.05, 0) is 47.9 Å². The van der Waals surface area contributed by atoms with Crippen molar-refractivity contribution >= 4 is 39.1 Å². The highest BCUT2D eigenvalue weighted by atomic mass is 35.5. The second kappa shape index (κ2) is 9.34. The maximum atomic E-state index is 12.6. The largest absolute Gasteiger partial charge is 0.349 e. The summed E-state index contributed by atoms with van der Waals surface area (Å²) < 4.78 is 1.50. The number of halogens is 1. The molecule has 28 heavy (non-hydrogen) atoms. The zero-order valence-corrected chi connectivity index (χ0v) is 17.6. The van der Waals surface area contributed by atoms with Gasteiger partial charge >= 0.3 is 0 Å². The van der Waals surface area contributed by atoms with Crippen molar-refractivity contribution in [1.29, 1.82) is 0 Å². The Morgan fingerprint density at radius 1 is 1.21 bits per heavy atom. The van der Waals surface area contributed by atoms with Gasteiger partial charge in [0.1, 0.15) is 4.83 Å². The lowest BCUT2D eigenvalue weighted by atomic mass is 9.97. The van der Waals surface area contributed by atoms with Crippen LogP contribution >= 0.6 is 22.9 Å². The predicted octanol–water partition coefficient (Wildman–Crippen LogP) is 4.80. The van der Waals surface area contributed by atoms with Gasteiger partial charge in [0.05, 0.1) is 17.8 Å². The monoisotopic (exact) mass is 417 g/mol. The Hall–Kier alpha value is -2.18. The Morgan fingerprint density at radius 3 is 2.68 bits per heavy atom. The molecule has 148 valence electrons. The molecule has 0 aliphatic carbocycles. The van der Waals surface area contributed by atoms with E-state index in [1.54, 1.807) is 6.07 Å². The average molecular weight is 418 g/mol. The SMILES string of the molecule is CC(C)CCC(NC(=O)CCn1cnc2sccc2c1=O)c1ccc(Cl)cc1. The molecule has 1 amide bonds. The molecule has 0 radical (unpaired) electrons. The summed E-state index contributed by atoms with van der Waals surface area (Å²) in [6, 6.07) is 9.29. The first-order valence-electron chi connectivity index (χ1n) is 9.41. The van der Waals surface area contributed by atoms with Crippen LogP contribution in [0.4, 0.5) is 0 Å². The number of aromatic nitrogens is 2. The van der Waals surface area contributed by atoms with Crippen LogP contribution < -0.4 is 10.9 Å². The molecule has 1 unspecified atom stereocenters. The van der Waals surface area contributed by atoms with Crippen LogP contribution in [0.15, 0.2) is 46.8 Å². The molecule has 1 N–H and O–H groups in total. The van der Waals surface area contributed by atoms with Crippen LogP contribution in [0.1, 0.15) is 44.7 Å². The van der Waals surface area contributed by atoms with Crippen molar-refractivity contribution in [3.8, 4) is 0 Å². The second-order valence-electron chi connectivity index (χ2n) is 7.28. The van der Waals surface area contributed by atoms with Crippen molar-refractivity contribution < 1.29 is 4.79 Å². The van der Waals surface area contributed by atoms with E-state index >= 15 is 0 Å². The van der Waals surface area contributed by atoms with Crippen molar-refractivity contribution in [2.24, 2.45) is 5.92 Å². The van der Waals surface area contributed by atoms with Crippen LogP contribution in [0.25, 0.3) is 10.2 Å². The lowest BCUT2D eigenvalue weighted by Gasteiger charge is -2.20. The van der Waals surface area contributed by atoms with E-state index in [9.17, 15) is 9.59 Å². The summed E-state index contributed by atoms with van der Waals surface area (Å²) in [5.74, 6) is 0.467. The first-order valence-corrected chi connectivity index (χ1v) is 10.7. The molecular formula is C21H24ClN3O2S. The number of hydrogen-bond acceptors (Lipinski definition) is 4. The minimum Gasteiger partial charge on any atom is -0.349 e. The van der Waals surface area contributed by atoms with Crippen molar-refractivity contribution in [1.82, 2.24) is 14.9 Å². The van der Waals surface area contributed by atoms with Gasteiger partial charge in [-0.15, -0.1) is 11.3 Å². The van der Waals surface area contributed by atoms with Crippen molar-refractivity contribution in [3.63, 3.8) is 0 Å². The first-order chi connectivity index (χ1) is 13.4. The third-order valence-corrected chi connectivity index (χ3v) is 5.74. The normalized spacial score (nSPS) is 12.4. The molecule has 1 aromatic carbocycles. The highest BCUT2D eigenvalue weighted by Gasteiger charge is 2.16. The van der Waals surface area contributed by atoms with Gasteiger partial charge in [0, 0.05) is 18.0 Å². The maximum Gasteiger partial charge on any atom is 0.262 e. The molecular weight excluding hydrogens is 394 g/mol. The van der Waals surface area contributed by atoms with E-state index in [-0.39, 0.29) is 23.9 Å². The fourth-order valence-electron chi connectivity index (χ4n) is 3.06. The second-order valence-corrected chi connectivity index (χ2v) is 8.61. The van der Waals surface area contributed by atoms with Crippen LogP contribution in [0.5, 0.6) is 0 Å². The van der Waals surface area contributed by atoms with Crippen LogP contribution in [0.2, 0.25) is 5.02 Å². The molecule has 0 aliphatic rings. The summed E-state index contributed by atoms with van der Waals surface area (Å²) in [4.78, 5) is 30.0. The Balaban J connectivity index is 1.66. The van der Waals surface area contributed by atoms with E-state index in [4.69, 9.17) is 11.6 Å². The Labute approximate surface area is 173 Å². The van der Waals surface area contributed by atoms with Crippen molar-refractivity contribution in [2.45, 2.75) is 45.7 Å². The molecule has 0 fully saturated rings. The molecule has 0 bridgehead atoms. The third-order valence-electron chi connectivity index (χ3n) is 4.67. The molecule has 0 saturated carbocycles. The number of amides is 1. The number of nitrogens with one attached hydrogen (secondary N) is 1. The van der Waals surface area contributed by atoms with E-state index in [1.165, 1.54) is 22.2 Å². The highest BCUT2D eigenvalue weighted by Crippen LogP contribution is 2.23. The standard InChI is InChI=1S/C21H24ClN3O2S/c1-14(2)3-8-18(15-4-6-16(22)7-5-15)24-19(26)9-11-25-13-23-20-17(21(25)27)10-12-28-20/h4-7,10,12-14,18H,3,8-9,11H2,1-2H3,(H,24,26). The quantitative estimate of drug-likeness (QED) is 0.572. The zero-order chi connectivity index (χ0) is 20.1. The first kappa shape index (κ1) is 20.6. The maximum absolute atomic E-state index is 12.6. The van der Waals surface area contributed by atoms with Crippen LogP contribution in [-0.2, 0) is 11.3 Å². The van der Waals surface area contributed by atoms with Crippen molar-refractivity contribution in [3.05, 3.63) is 63.0 Å². The lowest BCUT2D eigenvalue weighted by molar-refractivity contribution is -0.122. The van der Waals surface area contributed by atoms with Crippen molar-refractivity contribution in [2.75, 3.05) is 0 Å². The van der Waals surface area contributed by atoms with Gasteiger partial charge in [-0.1, -0.05) is 37.6 Å². The summed E-state index contributed by atoms with van der Waals surface area (Å²) in [6.07, 6.45) is 3.60. The lowest BCUT2D eigenvalue weighted by Crippen LogP contribution is -2.31. The number of carbonyl (C=O) groups excluding carboxylic acids is 1. The van der Waals surface area contributed by atoms with Gasteiger partial charge in [0.15, 0.2) is 0 Å². The van der Waals surface area contributed by atoms with Gasteiger partial charge in [-0.3, -0.25) is 14.2 Å². The van der Waals surface area contributed by atoms with Gasteiger partial charge in [0.25, 0.3) is 5.56 Å². The van der Waals surface area contributed by atoms with Gasteiger partial charge in [-0.25, -0.2) is 4.98 Å². The average Bonchev–Trinajstić information content (AvgIpc) is 3.15. The fourth-order valence-corrected chi connectivity index (χ4v) is 3.91. The van der Waals surface area contributed by atoms with E-state index < -0.39 is 0 Å². The topological polar surface area (TPSA) is 64.0 Å². The fraction of sp³-hybridized carbons (Fsp3) is 0.381. The number of hydrogen-bond donors (Lipinski definition) is 1. The van der Waals surface area contributed by atoms with Crippen LogP contribution in [0, 0.1) is 5.92 Å². The highest BCUT2D eigenvalue weighted by molar-refractivity contribution is 7.16. The Kier molecular flexibility index (Phi) is 6.86. The number of rotatable bonds is 8. The van der Waals surface area contributed by atoms with Crippen LogP contribution in [-0.4, -0.2) is 15.5 Å². The number of thiophene rings is 1. The third kappa shape index (κ3) is 5.20. The number of fused-ring (bicyclic) bond motifs is 1. The summed E-state index contributed by atoms with van der Waals surface area (Å²) in [5, 5.41) is 6.24. The molecule has 5 nitrogen and oxygen atoms in total. The van der Waals surface area contributed by atoms with E-state index in [2.05, 4.69) is 24.1 Å². The van der Waals surface area contributed by atoms with E-state index in [0.717, 1.165) is 23.2 Å². The number of carbonyl (C=O) groups is 1. The molecule has 0 saturated heterocycles. The summed E-state index contributed by atoms with van der Waals surface area (Å²) >= 11 is 7.43. The Bertz CT molecular complexity index is 995. The summed E-state index contributed by atoms with van der Waals surface area (Å²) in [6.45, 7) is 4.64. The minimum absolute atomic E-state index is 0.0682. The van der Waals surface area contributed by atoms with Crippen LogP contribution in [0.3, 0.4) is 0 Å². The number of benzene rings is 1. The summed E-state index contributed by atoms with van der Waals surface area (Å²) in [5.41, 5.74) is 0.935. The minimum atomic E-state index is -0.104. The van der Waals surface area contributed by atoms with Gasteiger partial charge < -0.3 is 5.32 Å². The smallest absolute Gasteiger partial charge is 0.262 e. The molecule has 0 spiro atoms.